The van der Waals surface area contributed by atoms with E-state index < -0.39 is 0 Å². The van der Waals surface area contributed by atoms with Gasteiger partial charge in [-0.1, -0.05) is 25.4 Å². The molecule has 15 heavy (non-hydrogen) atoms. The maximum absolute atomic E-state index is 6.24. The quantitative estimate of drug-likeness (QED) is 0.594. The molecule has 1 atom stereocenters. The van der Waals surface area contributed by atoms with Crippen molar-refractivity contribution in [3.05, 3.63) is 16.4 Å². The van der Waals surface area contributed by atoms with Crippen LogP contribution in [0.25, 0.3) is 0 Å². The molecule has 0 spiro atoms. The molecule has 1 aromatic heterocycles. The SMILES string of the molecule is CCc1nn(C)c(CC(CC)NN)c1Cl. The Hall–Kier alpha value is -0.580. The maximum Gasteiger partial charge on any atom is 0.0850 e. The van der Waals surface area contributed by atoms with E-state index in [9.17, 15) is 0 Å². The van der Waals surface area contributed by atoms with Crippen molar-refractivity contribution >= 4 is 11.6 Å². The summed E-state index contributed by atoms with van der Waals surface area (Å²) in [5, 5.41) is 5.15. The number of hydrogen-bond acceptors (Lipinski definition) is 3. The highest BCUT2D eigenvalue weighted by atomic mass is 35.5. The van der Waals surface area contributed by atoms with Gasteiger partial charge in [0.15, 0.2) is 0 Å². The van der Waals surface area contributed by atoms with E-state index in [0.717, 1.165) is 35.7 Å². The van der Waals surface area contributed by atoms with Gasteiger partial charge in [0, 0.05) is 19.5 Å². The van der Waals surface area contributed by atoms with Gasteiger partial charge in [-0.3, -0.25) is 16.0 Å². The predicted molar refractivity (Wildman–Crippen MR) is 62.7 cm³/mol. The number of aromatic nitrogens is 2. The van der Waals surface area contributed by atoms with Gasteiger partial charge < -0.3 is 0 Å². The Kier molecular flexibility index (Phi) is 4.57. The highest BCUT2D eigenvalue weighted by molar-refractivity contribution is 6.31. The van der Waals surface area contributed by atoms with E-state index in [1.165, 1.54) is 0 Å². The molecule has 5 heteroatoms. The van der Waals surface area contributed by atoms with Crippen LogP contribution in [0.1, 0.15) is 31.7 Å². The summed E-state index contributed by atoms with van der Waals surface area (Å²) in [6.45, 7) is 4.14. The Balaban J connectivity index is 2.88. The van der Waals surface area contributed by atoms with Gasteiger partial charge in [0.2, 0.25) is 0 Å². The van der Waals surface area contributed by atoms with Crippen LogP contribution in [0.4, 0.5) is 0 Å². The molecular weight excluding hydrogens is 212 g/mol. The number of hydrazine groups is 1. The van der Waals surface area contributed by atoms with Gasteiger partial charge in [-0.05, 0) is 12.8 Å². The summed E-state index contributed by atoms with van der Waals surface area (Å²) in [6, 6.07) is 0.252. The van der Waals surface area contributed by atoms with E-state index in [-0.39, 0.29) is 6.04 Å². The van der Waals surface area contributed by atoms with Crippen LogP contribution < -0.4 is 11.3 Å². The molecule has 0 aliphatic heterocycles. The van der Waals surface area contributed by atoms with Gasteiger partial charge in [-0.15, -0.1) is 0 Å². The molecule has 86 valence electrons. The van der Waals surface area contributed by atoms with Crippen LogP contribution in [0.5, 0.6) is 0 Å². The van der Waals surface area contributed by atoms with Gasteiger partial charge in [-0.25, -0.2) is 0 Å². The molecule has 1 unspecified atom stereocenters. The van der Waals surface area contributed by atoms with Crippen molar-refractivity contribution in [2.24, 2.45) is 12.9 Å². The van der Waals surface area contributed by atoms with Gasteiger partial charge >= 0.3 is 0 Å². The number of nitrogens with zero attached hydrogens (tertiary/aromatic N) is 2. The molecular formula is C10H19ClN4. The summed E-state index contributed by atoms with van der Waals surface area (Å²) in [6.07, 6.45) is 2.65. The molecule has 0 saturated carbocycles. The van der Waals surface area contributed by atoms with Gasteiger partial charge in [0.05, 0.1) is 16.4 Å². The molecule has 0 aliphatic carbocycles. The first kappa shape index (κ1) is 12.5. The van der Waals surface area contributed by atoms with Crippen LogP contribution in [-0.2, 0) is 19.9 Å². The zero-order valence-electron chi connectivity index (χ0n) is 9.55. The minimum Gasteiger partial charge on any atom is -0.271 e. The van der Waals surface area contributed by atoms with Crippen LogP contribution in [0.3, 0.4) is 0 Å². The largest absolute Gasteiger partial charge is 0.271 e. The molecule has 1 heterocycles. The first-order valence-corrected chi connectivity index (χ1v) is 5.68. The molecule has 0 radical (unpaired) electrons. The third-order valence-corrected chi connectivity index (χ3v) is 3.11. The molecule has 4 nitrogen and oxygen atoms in total. The molecule has 0 bridgehead atoms. The second-order valence-electron chi connectivity index (χ2n) is 3.66. The summed E-state index contributed by atoms with van der Waals surface area (Å²) >= 11 is 6.24. The third kappa shape index (κ3) is 2.71. The summed E-state index contributed by atoms with van der Waals surface area (Å²) in [4.78, 5) is 0. The lowest BCUT2D eigenvalue weighted by Gasteiger charge is -2.13. The van der Waals surface area contributed by atoms with Crippen molar-refractivity contribution in [1.82, 2.24) is 15.2 Å². The highest BCUT2D eigenvalue weighted by Gasteiger charge is 2.16. The Morgan fingerprint density at radius 1 is 1.53 bits per heavy atom. The monoisotopic (exact) mass is 230 g/mol. The first-order valence-electron chi connectivity index (χ1n) is 5.30. The fourth-order valence-corrected chi connectivity index (χ4v) is 1.97. The predicted octanol–water partition coefficient (Wildman–Crippen LogP) is 1.42. The van der Waals surface area contributed by atoms with Crippen molar-refractivity contribution in [3.8, 4) is 0 Å². The minimum absolute atomic E-state index is 0.252. The van der Waals surface area contributed by atoms with Gasteiger partial charge in [0.25, 0.3) is 0 Å². The Morgan fingerprint density at radius 2 is 2.20 bits per heavy atom. The van der Waals surface area contributed by atoms with E-state index in [2.05, 4.69) is 24.4 Å². The zero-order chi connectivity index (χ0) is 11.4. The average molecular weight is 231 g/mol. The van der Waals surface area contributed by atoms with Crippen molar-refractivity contribution in [2.75, 3.05) is 0 Å². The van der Waals surface area contributed by atoms with Crippen molar-refractivity contribution in [3.63, 3.8) is 0 Å². The first-order chi connectivity index (χ1) is 7.13. The van der Waals surface area contributed by atoms with Crippen molar-refractivity contribution < 1.29 is 0 Å². The minimum atomic E-state index is 0.252. The van der Waals surface area contributed by atoms with Crippen LogP contribution in [0, 0.1) is 0 Å². The topological polar surface area (TPSA) is 55.9 Å². The molecule has 0 aromatic carbocycles. The average Bonchev–Trinajstić information content (AvgIpc) is 2.51. The number of hydrogen-bond donors (Lipinski definition) is 2. The molecule has 0 fully saturated rings. The summed E-state index contributed by atoms with van der Waals surface area (Å²) in [5.41, 5.74) is 4.80. The normalized spacial score (nSPS) is 13.1. The van der Waals surface area contributed by atoms with Crippen molar-refractivity contribution in [2.45, 2.75) is 39.2 Å². The zero-order valence-corrected chi connectivity index (χ0v) is 10.3. The van der Waals surface area contributed by atoms with Crippen LogP contribution in [-0.4, -0.2) is 15.8 Å². The molecule has 0 amide bonds. The standard InChI is InChI=1S/C10H19ClN4/c1-4-7(13-12)6-9-10(11)8(5-2)14-15(9)3/h7,13H,4-6,12H2,1-3H3. The van der Waals surface area contributed by atoms with E-state index >= 15 is 0 Å². The highest BCUT2D eigenvalue weighted by Crippen LogP contribution is 2.22. The summed E-state index contributed by atoms with van der Waals surface area (Å²) in [5.74, 6) is 5.45. The van der Waals surface area contributed by atoms with Gasteiger partial charge in [0.1, 0.15) is 0 Å². The van der Waals surface area contributed by atoms with Crippen molar-refractivity contribution in [1.29, 1.82) is 0 Å². The van der Waals surface area contributed by atoms with E-state index in [0.29, 0.717) is 0 Å². The number of aryl methyl sites for hydroxylation is 2. The number of rotatable bonds is 5. The third-order valence-electron chi connectivity index (χ3n) is 2.67. The van der Waals surface area contributed by atoms with Crippen LogP contribution >= 0.6 is 11.6 Å². The molecule has 1 rings (SSSR count). The second kappa shape index (κ2) is 5.49. The van der Waals surface area contributed by atoms with Crippen LogP contribution in [0.15, 0.2) is 0 Å². The molecule has 0 aliphatic rings. The number of nitrogens with two attached hydrogens (primary N) is 1. The summed E-state index contributed by atoms with van der Waals surface area (Å²) in [7, 11) is 1.92. The molecule has 0 saturated heterocycles. The van der Waals surface area contributed by atoms with E-state index in [1.807, 2.05) is 11.7 Å². The lowest BCUT2D eigenvalue weighted by atomic mass is 10.1. The van der Waals surface area contributed by atoms with Crippen LogP contribution in [0.2, 0.25) is 5.02 Å². The number of halogens is 1. The Bertz CT molecular complexity index is 317. The smallest absolute Gasteiger partial charge is 0.0850 e. The van der Waals surface area contributed by atoms with Gasteiger partial charge in [-0.2, -0.15) is 5.10 Å². The lowest BCUT2D eigenvalue weighted by molar-refractivity contribution is 0.495. The Labute approximate surface area is 95.8 Å². The fraction of sp³-hybridized carbons (Fsp3) is 0.700. The summed E-state index contributed by atoms with van der Waals surface area (Å²) < 4.78 is 1.85. The fourth-order valence-electron chi connectivity index (χ4n) is 1.60. The molecule has 3 N–H and O–H groups in total. The Morgan fingerprint density at radius 3 is 2.60 bits per heavy atom. The maximum atomic E-state index is 6.24. The molecule has 1 aromatic rings. The number of nitrogens with one attached hydrogen (secondary N) is 1. The second-order valence-corrected chi connectivity index (χ2v) is 4.04. The van der Waals surface area contributed by atoms with E-state index in [1.54, 1.807) is 0 Å². The van der Waals surface area contributed by atoms with E-state index in [4.69, 9.17) is 17.4 Å². The lowest BCUT2D eigenvalue weighted by Crippen LogP contribution is -2.36.